The Bertz CT molecular complexity index is 779. The molecular formula is C18H23N5OS. The van der Waals surface area contributed by atoms with Crippen LogP contribution in [0.4, 0.5) is 11.4 Å². The molecule has 0 saturated carbocycles. The summed E-state index contributed by atoms with van der Waals surface area (Å²) in [5, 5.41) is 10.8. The highest BCUT2D eigenvalue weighted by molar-refractivity contribution is 7.05. The van der Waals surface area contributed by atoms with Gasteiger partial charge in [-0.2, -0.15) is 0 Å². The summed E-state index contributed by atoms with van der Waals surface area (Å²) < 4.78 is 4.12. The van der Waals surface area contributed by atoms with Crippen molar-refractivity contribution in [2.24, 2.45) is 0 Å². The minimum absolute atomic E-state index is 0.0909. The van der Waals surface area contributed by atoms with Gasteiger partial charge in [0.2, 0.25) is 5.91 Å². The summed E-state index contributed by atoms with van der Waals surface area (Å²) in [5.41, 5.74) is 2.51. The lowest BCUT2D eigenvalue weighted by Gasteiger charge is -2.44. The van der Waals surface area contributed by atoms with Crippen LogP contribution in [0.25, 0.3) is 0 Å². The Balaban J connectivity index is 1.45. The van der Waals surface area contributed by atoms with Gasteiger partial charge in [0.25, 0.3) is 0 Å². The number of aromatic nitrogens is 2. The number of fused-ring (bicyclic) bond motifs is 1. The Morgan fingerprint density at radius 3 is 2.68 bits per heavy atom. The average molecular weight is 357 g/mol. The molecular weight excluding hydrogens is 334 g/mol. The van der Waals surface area contributed by atoms with E-state index in [2.05, 4.69) is 39.0 Å². The molecule has 1 saturated heterocycles. The molecule has 4 rings (SSSR count). The zero-order valence-corrected chi connectivity index (χ0v) is 15.4. The maximum absolute atomic E-state index is 12.7. The normalized spacial score (nSPS) is 19.6. The number of carbonyl (C=O) groups excluding carboxylic acids is 1. The highest BCUT2D eigenvalue weighted by Gasteiger charge is 2.44. The van der Waals surface area contributed by atoms with E-state index in [0.717, 1.165) is 49.5 Å². The molecule has 0 unspecified atom stereocenters. The Morgan fingerprint density at radius 1 is 1.24 bits per heavy atom. The first kappa shape index (κ1) is 16.5. The number of carbonyl (C=O) groups is 1. The second-order valence-electron chi connectivity index (χ2n) is 7.22. The van der Waals surface area contributed by atoms with E-state index in [4.69, 9.17) is 0 Å². The van der Waals surface area contributed by atoms with Crippen molar-refractivity contribution in [3.8, 4) is 0 Å². The van der Waals surface area contributed by atoms with Crippen LogP contribution in [0.15, 0.2) is 24.3 Å². The molecule has 1 spiro atoms. The van der Waals surface area contributed by atoms with E-state index >= 15 is 0 Å². The van der Waals surface area contributed by atoms with Gasteiger partial charge in [0.05, 0.1) is 21.9 Å². The summed E-state index contributed by atoms with van der Waals surface area (Å²) in [6, 6.07) is 7.90. The van der Waals surface area contributed by atoms with Crippen LogP contribution in [-0.4, -0.2) is 39.0 Å². The number of rotatable bonds is 3. The summed E-state index contributed by atoms with van der Waals surface area (Å²) in [4.78, 5) is 16.3. The third kappa shape index (κ3) is 3.02. The first-order valence-electron chi connectivity index (χ1n) is 8.79. The minimum atomic E-state index is -0.488. The van der Waals surface area contributed by atoms with E-state index in [1.165, 1.54) is 16.4 Å². The van der Waals surface area contributed by atoms with Crippen molar-refractivity contribution < 1.29 is 4.79 Å². The Morgan fingerprint density at radius 2 is 1.96 bits per heavy atom. The van der Waals surface area contributed by atoms with Gasteiger partial charge in [0.1, 0.15) is 5.54 Å². The monoisotopic (exact) mass is 357 g/mol. The molecule has 1 amide bonds. The van der Waals surface area contributed by atoms with E-state index in [9.17, 15) is 4.79 Å². The molecule has 3 heterocycles. The van der Waals surface area contributed by atoms with Crippen molar-refractivity contribution in [1.29, 1.82) is 0 Å². The molecule has 25 heavy (non-hydrogen) atoms. The molecule has 1 fully saturated rings. The molecule has 0 aliphatic carbocycles. The van der Waals surface area contributed by atoms with Crippen LogP contribution in [0, 0.1) is 0 Å². The fourth-order valence-corrected chi connectivity index (χ4v) is 4.51. The minimum Gasteiger partial charge on any atom is -0.369 e. The molecule has 0 atom stereocenters. The fourth-order valence-electron chi connectivity index (χ4n) is 3.67. The molecule has 2 aliphatic rings. The lowest BCUT2D eigenvalue weighted by Crippen LogP contribution is -2.58. The van der Waals surface area contributed by atoms with Crippen molar-refractivity contribution >= 4 is 28.8 Å². The smallest absolute Gasteiger partial charge is 0.250 e. The van der Waals surface area contributed by atoms with Crippen LogP contribution in [0.2, 0.25) is 0 Å². The van der Waals surface area contributed by atoms with Gasteiger partial charge < -0.3 is 10.6 Å². The molecule has 2 N–H and O–H groups in total. The first-order chi connectivity index (χ1) is 12.1. The Kier molecular flexibility index (Phi) is 4.21. The van der Waals surface area contributed by atoms with Crippen molar-refractivity contribution in [1.82, 2.24) is 14.5 Å². The maximum atomic E-state index is 12.7. The standard InChI is InChI=1S/C18H23N5OS/c1-12(2)16-15(25-22-21-16)11-23-9-7-18(8-10-23)17(24)19-13-5-3-4-6-14(13)20-18/h3-6,12,20H,7-11H2,1-2H3,(H,19,24). The van der Waals surface area contributed by atoms with Crippen molar-refractivity contribution in [3.63, 3.8) is 0 Å². The van der Waals surface area contributed by atoms with Gasteiger partial charge in [-0.3, -0.25) is 9.69 Å². The van der Waals surface area contributed by atoms with Crippen LogP contribution >= 0.6 is 11.5 Å². The summed E-state index contributed by atoms with van der Waals surface area (Å²) >= 11 is 1.49. The average Bonchev–Trinajstić information content (AvgIpc) is 3.06. The summed E-state index contributed by atoms with van der Waals surface area (Å²) in [5.74, 6) is 0.486. The predicted octanol–water partition coefficient (Wildman–Crippen LogP) is 3.06. The number of nitrogens with one attached hydrogen (secondary N) is 2. The zero-order chi connectivity index (χ0) is 17.4. The molecule has 2 aliphatic heterocycles. The van der Waals surface area contributed by atoms with Crippen molar-refractivity contribution in [2.45, 2.75) is 44.7 Å². The molecule has 6 nitrogen and oxygen atoms in total. The van der Waals surface area contributed by atoms with E-state index in [-0.39, 0.29) is 5.91 Å². The maximum Gasteiger partial charge on any atom is 0.250 e. The van der Waals surface area contributed by atoms with Gasteiger partial charge in [-0.1, -0.05) is 30.5 Å². The number of benzene rings is 1. The topological polar surface area (TPSA) is 70.2 Å². The van der Waals surface area contributed by atoms with Gasteiger partial charge in [-0.25, -0.2) is 0 Å². The fraction of sp³-hybridized carbons (Fsp3) is 0.500. The molecule has 132 valence electrons. The van der Waals surface area contributed by atoms with Crippen LogP contribution in [0.1, 0.15) is 43.2 Å². The molecule has 0 bridgehead atoms. The second kappa shape index (κ2) is 6.38. The number of para-hydroxylation sites is 2. The number of anilines is 2. The van der Waals surface area contributed by atoms with Gasteiger partial charge >= 0.3 is 0 Å². The summed E-state index contributed by atoms with van der Waals surface area (Å²) in [6.07, 6.45) is 1.60. The third-order valence-electron chi connectivity index (χ3n) is 5.19. The number of piperidine rings is 1. The molecule has 1 aromatic carbocycles. The Hall–Kier alpha value is -1.99. The van der Waals surface area contributed by atoms with Gasteiger partial charge in [-0.15, -0.1) is 5.10 Å². The highest BCUT2D eigenvalue weighted by atomic mass is 32.1. The zero-order valence-electron chi connectivity index (χ0n) is 14.6. The summed E-state index contributed by atoms with van der Waals surface area (Å²) in [7, 11) is 0. The van der Waals surface area contributed by atoms with Crippen molar-refractivity contribution in [3.05, 3.63) is 34.8 Å². The van der Waals surface area contributed by atoms with Crippen LogP contribution in [0.3, 0.4) is 0 Å². The summed E-state index contributed by atoms with van der Waals surface area (Å²) in [6.45, 7) is 6.95. The number of hydrogen-bond donors (Lipinski definition) is 2. The van der Waals surface area contributed by atoms with Crippen molar-refractivity contribution in [2.75, 3.05) is 23.7 Å². The largest absolute Gasteiger partial charge is 0.369 e. The third-order valence-corrected chi connectivity index (χ3v) is 5.91. The predicted molar refractivity (Wildman–Crippen MR) is 99.9 cm³/mol. The molecule has 1 aromatic heterocycles. The van der Waals surface area contributed by atoms with E-state index in [0.29, 0.717) is 5.92 Å². The van der Waals surface area contributed by atoms with Gasteiger partial charge in [-0.05, 0) is 42.4 Å². The number of likely N-dealkylation sites (tertiary alicyclic amines) is 1. The van der Waals surface area contributed by atoms with Crippen LogP contribution < -0.4 is 10.6 Å². The lowest BCUT2D eigenvalue weighted by molar-refractivity contribution is -0.122. The quantitative estimate of drug-likeness (QED) is 0.883. The number of nitrogens with zero attached hydrogens (tertiary/aromatic N) is 3. The number of hydrogen-bond acceptors (Lipinski definition) is 6. The van der Waals surface area contributed by atoms with E-state index in [1.54, 1.807) is 0 Å². The molecule has 7 heteroatoms. The van der Waals surface area contributed by atoms with Crippen LogP contribution in [-0.2, 0) is 11.3 Å². The molecule has 2 aromatic rings. The van der Waals surface area contributed by atoms with Gasteiger partial charge in [0.15, 0.2) is 0 Å². The lowest BCUT2D eigenvalue weighted by atomic mass is 9.84. The van der Waals surface area contributed by atoms with Gasteiger partial charge in [0, 0.05) is 19.6 Å². The second-order valence-corrected chi connectivity index (χ2v) is 8.06. The SMILES string of the molecule is CC(C)c1nnsc1CN1CCC2(CC1)Nc1ccccc1NC2=O. The highest BCUT2D eigenvalue weighted by Crippen LogP contribution is 2.36. The van der Waals surface area contributed by atoms with E-state index < -0.39 is 5.54 Å². The van der Waals surface area contributed by atoms with Crippen LogP contribution in [0.5, 0.6) is 0 Å². The Labute approximate surface area is 151 Å². The molecule has 0 radical (unpaired) electrons. The first-order valence-corrected chi connectivity index (χ1v) is 9.57. The van der Waals surface area contributed by atoms with E-state index in [1.807, 2.05) is 24.3 Å². The number of amides is 1.